The van der Waals surface area contributed by atoms with E-state index in [1.165, 1.54) is 24.5 Å². The van der Waals surface area contributed by atoms with E-state index in [1.54, 1.807) is 6.07 Å². The Balaban J connectivity index is 2.20. The second kappa shape index (κ2) is 5.36. The lowest BCUT2D eigenvalue weighted by atomic mass is 10.3. The van der Waals surface area contributed by atoms with E-state index in [0.29, 0.717) is 15.9 Å². The quantitative estimate of drug-likeness (QED) is 0.878. The van der Waals surface area contributed by atoms with Crippen LogP contribution < -0.4 is 10.5 Å². The van der Waals surface area contributed by atoms with Gasteiger partial charge < -0.3 is 10.5 Å². The first-order valence-corrected chi connectivity index (χ1v) is 6.00. The number of hydrogen-bond donors (Lipinski definition) is 1. The van der Waals surface area contributed by atoms with Crippen LogP contribution in [-0.2, 0) is 0 Å². The SMILES string of the molecule is NC(=S)c1cnc(Oc2cc(F)cc(Br)c2)cn1. The van der Waals surface area contributed by atoms with Crippen molar-refractivity contribution in [1.82, 2.24) is 9.97 Å². The summed E-state index contributed by atoms with van der Waals surface area (Å²) in [5.74, 6) is 0.138. The van der Waals surface area contributed by atoms with E-state index < -0.39 is 5.82 Å². The average Bonchev–Trinajstić information content (AvgIpc) is 2.28. The van der Waals surface area contributed by atoms with Crippen molar-refractivity contribution in [3.63, 3.8) is 0 Å². The van der Waals surface area contributed by atoms with E-state index in [2.05, 4.69) is 25.9 Å². The minimum atomic E-state index is -0.410. The summed E-state index contributed by atoms with van der Waals surface area (Å²) in [7, 11) is 0. The van der Waals surface area contributed by atoms with Crippen molar-refractivity contribution < 1.29 is 9.13 Å². The molecule has 18 heavy (non-hydrogen) atoms. The lowest BCUT2D eigenvalue weighted by molar-refractivity contribution is 0.455. The summed E-state index contributed by atoms with van der Waals surface area (Å²) in [6, 6.07) is 4.19. The molecule has 0 aliphatic rings. The number of hydrogen-bond acceptors (Lipinski definition) is 4. The molecule has 4 nitrogen and oxygen atoms in total. The van der Waals surface area contributed by atoms with Gasteiger partial charge in [-0.1, -0.05) is 28.1 Å². The maximum atomic E-state index is 13.1. The molecule has 7 heteroatoms. The van der Waals surface area contributed by atoms with E-state index in [0.717, 1.165) is 0 Å². The topological polar surface area (TPSA) is 61.0 Å². The standard InChI is InChI=1S/C11H7BrFN3OS/c12-6-1-7(13)3-8(2-6)17-10-5-15-9(4-16-10)11(14)18/h1-5H,(H2,14,18). The van der Waals surface area contributed by atoms with Gasteiger partial charge >= 0.3 is 0 Å². The van der Waals surface area contributed by atoms with Crippen LogP contribution in [0.2, 0.25) is 0 Å². The van der Waals surface area contributed by atoms with Crippen molar-refractivity contribution in [1.29, 1.82) is 0 Å². The van der Waals surface area contributed by atoms with Gasteiger partial charge in [-0.05, 0) is 12.1 Å². The zero-order valence-electron chi connectivity index (χ0n) is 8.93. The maximum absolute atomic E-state index is 13.1. The zero-order chi connectivity index (χ0) is 13.1. The summed E-state index contributed by atoms with van der Waals surface area (Å²) in [4.78, 5) is 8.08. The third-order valence-corrected chi connectivity index (χ3v) is 2.61. The van der Waals surface area contributed by atoms with Crippen LogP contribution in [0.1, 0.15) is 5.69 Å². The molecular weight excluding hydrogens is 321 g/mol. The smallest absolute Gasteiger partial charge is 0.237 e. The van der Waals surface area contributed by atoms with Gasteiger partial charge in [0.15, 0.2) is 0 Å². The zero-order valence-corrected chi connectivity index (χ0v) is 11.3. The molecule has 2 aromatic rings. The second-order valence-electron chi connectivity index (χ2n) is 3.31. The molecular formula is C11H7BrFN3OS. The first-order valence-electron chi connectivity index (χ1n) is 4.80. The highest BCUT2D eigenvalue weighted by molar-refractivity contribution is 9.10. The van der Waals surface area contributed by atoms with Crippen LogP contribution in [0.3, 0.4) is 0 Å². The Kier molecular flexibility index (Phi) is 3.83. The Labute approximate surface area is 116 Å². The normalized spacial score (nSPS) is 10.1. The van der Waals surface area contributed by atoms with Crippen LogP contribution in [0.25, 0.3) is 0 Å². The van der Waals surface area contributed by atoms with Crippen molar-refractivity contribution in [2.75, 3.05) is 0 Å². The molecule has 2 rings (SSSR count). The van der Waals surface area contributed by atoms with Crippen LogP contribution in [0.5, 0.6) is 11.6 Å². The number of aromatic nitrogens is 2. The van der Waals surface area contributed by atoms with Gasteiger partial charge in [0, 0.05) is 10.5 Å². The molecule has 1 heterocycles. The van der Waals surface area contributed by atoms with Crippen LogP contribution in [0, 0.1) is 5.82 Å². The summed E-state index contributed by atoms with van der Waals surface area (Å²) in [5, 5.41) is 0. The molecule has 0 atom stereocenters. The fourth-order valence-corrected chi connectivity index (χ4v) is 1.75. The Morgan fingerprint density at radius 3 is 2.61 bits per heavy atom. The summed E-state index contributed by atoms with van der Waals surface area (Å²) >= 11 is 7.92. The Morgan fingerprint density at radius 1 is 1.28 bits per heavy atom. The number of halogens is 2. The molecule has 1 aromatic carbocycles. The van der Waals surface area contributed by atoms with E-state index in [1.807, 2.05) is 0 Å². The van der Waals surface area contributed by atoms with Gasteiger partial charge in [-0.2, -0.15) is 0 Å². The second-order valence-corrected chi connectivity index (χ2v) is 4.67. The van der Waals surface area contributed by atoms with Crippen molar-refractivity contribution in [3.8, 4) is 11.6 Å². The van der Waals surface area contributed by atoms with Gasteiger partial charge in [0.1, 0.15) is 22.2 Å². The molecule has 2 N–H and O–H groups in total. The van der Waals surface area contributed by atoms with Crippen LogP contribution >= 0.6 is 28.1 Å². The molecule has 92 valence electrons. The van der Waals surface area contributed by atoms with Crippen LogP contribution in [-0.4, -0.2) is 15.0 Å². The summed E-state index contributed by atoms with van der Waals surface area (Å²) in [6.07, 6.45) is 2.76. The predicted octanol–water partition coefficient (Wildman–Crippen LogP) is 2.80. The lowest BCUT2D eigenvalue weighted by Crippen LogP contribution is -2.11. The minimum Gasteiger partial charge on any atom is -0.437 e. The molecule has 0 radical (unpaired) electrons. The molecule has 0 bridgehead atoms. The predicted molar refractivity (Wildman–Crippen MR) is 72.1 cm³/mol. The summed E-state index contributed by atoms with van der Waals surface area (Å²) < 4.78 is 19.0. The maximum Gasteiger partial charge on any atom is 0.237 e. The van der Waals surface area contributed by atoms with Gasteiger partial charge in [-0.25, -0.2) is 14.4 Å². The highest BCUT2D eigenvalue weighted by atomic mass is 79.9. The fourth-order valence-electron chi connectivity index (χ4n) is 1.20. The van der Waals surface area contributed by atoms with Crippen molar-refractivity contribution in [2.24, 2.45) is 5.73 Å². The molecule has 0 saturated carbocycles. The molecule has 0 aliphatic heterocycles. The first kappa shape index (κ1) is 12.8. The van der Waals surface area contributed by atoms with E-state index >= 15 is 0 Å². The fraction of sp³-hybridized carbons (Fsp3) is 0. The molecule has 1 aromatic heterocycles. The monoisotopic (exact) mass is 327 g/mol. The van der Waals surface area contributed by atoms with Crippen LogP contribution in [0.15, 0.2) is 35.1 Å². The third kappa shape index (κ3) is 3.21. The third-order valence-electron chi connectivity index (χ3n) is 1.94. The van der Waals surface area contributed by atoms with E-state index in [4.69, 9.17) is 22.7 Å². The summed E-state index contributed by atoms with van der Waals surface area (Å²) in [6.45, 7) is 0. The Morgan fingerprint density at radius 2 is 2.06 bits per heavy atom. The van der Waals surface area contributed by atoms with E-state index in [-0.39, 0.29) is 10.9 Å². The van der Waals surface area contributed by atoms with Gasteiger partial charge in [-0.3, -0.25) is 0 Å². The lowest BCUT2D eigenvalue weighted by Gasteiger charge is -2.05. The molecule has 0 spiro atoms. The largest absolute Gasteiger partial charge is 0.437 e. The first-order chi connectivity index (χ1) is 8.54. The van der Waals surface area contributed by atoms with Gasteiger partial charge in [0.05, 0.1) is 12.4 Å². The van der Waals surface area contributed by atoms with Crippen molar-refractivity contribution in [3.05, 3.63) is 46.6 Å². The number of nitrogens with zero attached hydrogens (tertiary/aromatic N) is 2. The average molecular weight is 328 g/mol. The number of nitrogens with two attached hydrogens (primary N) is 1. The number of thiocarbonyl (C=S) groups is 1. The highest BCUT2D eigenvalue weighted by Crippen LogP contribution is 2.24. The van der Waals surface area contributed by atoms with Crippen molar-refractivity contribution in [2.45, 2.75) is 0 Å². The van der Waals surface area contributed by atoms with Crippen LogP contribution in [0.4, 0.5) is 4.39 Å². The Bertz CT molecular complexity index is 571. The molecule has 0 unspecified atom stereocenters. The summed E-state index contributed by atoms with van der Waals surface area (Å²) in [5.41, 5.74) is 5.79. The number of ether oxygens (including phenoxy) is 1. The van der Waals surface area contributed by atoms with Gasteiger partial charge in [0.25, 0.3) is 0 Å². The Hall–Kier alpha value is -1.60. The molecule has 0 amide bonds. The highest BCUT2D eigenvalue weighted by Gasteiger charge is 2.04. The van der Waals surface area contributed by atoms with E-state index in [9.17, 15) is 4.39 Å². The van der Waals surface area contributed by atoms with Crippen molar-refractivity contribution >= 4 is 33.1 Å². The molecule has 0 aliphatic carbocycles. The molecule has 0 fully saturated rings. The van der Waals surface area contributed by atoms with Gasteiger partial charge in [0.2, 0.25) is 5.88 Å². The minimum absolute atomic E-state index is 0.155. The van der Waals surface area contributed by atoms with Gasteiger partial charge in [-0.15, -0.1) is 0 Å². The number of benzene rings is 1. The molecule has 0 saturated heterocycles. The number of rotatable bonds is 3.